The van der Waals surface area contributed by atoms with Gasteiger partial charge in [-0.2, -0.15) is 5.10 Å². The molecule has 1 aromatic heterocycles. The van der Waals surface area contributed by atoms with Crippen molar-refractivity contribution < 1.29 is 14.3 Å². The van der Waals surface area contributed by atoms with Crippen molar-refractivity contribution in [1.82, 2.24) is 20.1 Å². The lowest BCUT2D eigenvalue weighted by Crippen LogP contribution is -2.29. The molecule has 0 bridgehead atoms. The summed E-state index contributed by atoms with van der Waals surface area (Å²) in [6.45, 7) is 3.55. The van der Waals surface area contributed by atoms with Gasteiger partial charge in [-0.3, -0.25) is 14.5 Å². The molecule has 0 fully saturated rings. The molecule has 156 valence electrons. The van der Waals surface area contributed by atoms with Gasteiger partial charge in [0.1, 0.15) is 19.8 Å². The van der Waals surface area contributed by atoms with E-state index in [0.29, 0.717) is 53.3 Å². The highest BCUT2D eigenvalue weighted by atomic mass is 35.5. The summed E-state index contributed by atoms with van der Waals surface area (Å²) >= 11 is 11.6. The minimum absolute atomic E-state index is 0.0838. The van der Waals surface area contributed by atoms with E-state index in [0.717, 1.165) is 16.7 Å². The molecule has 0 aliphatic carbocycles. The van der Waals surface area contributed by atoms with E-state index in [4.69, 9.17) is 33.3 Å². The van der Waals surface area contributed by atoms with E-state index >= 15 is 0 Å². The summed E-state index contributed by atoms with van der Waals surface area (Å²) in [6.07, 6.45) is 0.615. The van der Waals surface area contributed by atoms with E-state index in [1.54, 1.807) is 4.57 Å². The number of carbonyl (C=O) groups is 1. The Hall–Kier alpha value is -2.84. The Morgan fingerprint density at radius 2 is 2.03 bits per heavy atom. The van der Waals surface area contributed by atoms with Crippen molar-refractivity contribution in [2.24, 2.45) is 0 Å². The first kappa shape index (κ1) is 20.4. The Balaban J connectivity index is 1.38. The van der Waals surface area contributed by atoms with Gasteiger partial charge >= 0.3 is 0 Å². The van der Waals surface area contributed by atoms with Crippen LogP contribution in [-0.2, 0) is 17.8 Å². The van der Waals surface area contributed by atoms with Crippen LogP contribution in [0.3, 0.4) is 0 Å². The van der Waals surface area contributed by atoms with Crippen LogP contribution in [0.25, 0.3) is 11.4 Å². The monoisotopic (exact) mass is 444 g/mol. The smallest absolute Gasteiger partial charge is 0.240 e. The maximum absolute atomic E-state index is 12.5. The summed E-state index contributed by atoms with van der Waals surface area (Å²) in [5, 5.41) is 10.5. The first-order chi connectivity index (χ1) is 14.5. The number of hydrogen-bond acceptors (Lipinski definition) is 5. The van der Waals surface area contributed by atoms with Gasteiger partial charge in [-0.15, -0.1) is 0 Å². The molecule has 7 nitrogen and oxygen atoms in total. The Morgan fingerprint density at radius 3 is 2.83 bits per heavy atom. The third-order valence-corrected chi connectivity index (χ3v) is 5.35. The van der Waals surface area contributed by atoms with Crippen LogP contribution in [0.1, 0.15) is 11.1 Å². The minimum atomic E-state index is -0.149. The fraction of sp³-hybridized carbons (Fsp3) is 0.286. The number of aryl methyl sites for hydroxylation is 1. The fourth-order valence-corrected chi connectivity index (χ4v) is 3.73. The van der Waals surface area contributed by atoms with Crippen LogP contribution in [0.15, 0.2) is 36.4 Å². The highest BCUT2D eigenvalue weighted by Crippen LogP contribution is 2.38. The van der Waals surface area contributed by atoms with Gasteiger partial charge in [0.05, 0.1) is 5.02 Å². The van der Waals surface area contributed by atoms with Crippen LogP contribution in [0.5, 0.6) is 11.5 Å². The van der Waals surface area contributed by atoms with Crippen molar-refractivity contribution in [1.29, 1.82) is 0 Å². The number of nitrogens with one attached hydrogen (secondary N) is 2. The molecule has 1 amide bonds. The highest BCUT2D eigenvalue weighted by molar-refractivity contribution is 7.71. The molecule has 0 spiro atoms. The molecule has 2 aromatic carbocycles. The molecule has 4 rings (SSSR count). The second-order valence-corrected chi connectivity index (χ2v) is 7.80. The zero-order chi connectivity index (χ0) is 21.1. The van der Waals surface area contributed by atoms with Crippen LogP contribution in [0, 0.1) is 11.7 Å². The third kappa shape index (κ3) is 4.49. The van der Waals surface area contributed by atoms with Gasteiger partial charge in [0.2, 0.25) is 5.91 Å². The number of rotatable bonds is 6. The summed E-state index contributed by atoms with van der Waals surface area (Å²) in [5.74, 6) is 1.70. The molecule has 1 aliphatic rings. The van der Waals surface area contributed by atoms with Crippen LogP contribution < -0.4 is 14.8 Å². The van der Waals surface area contributed by atoms with Crippen LogP contribution in [-0.4, -0.2) is 40.4 Å². The van der Waals surface area contributed by atoms with Crippen molar-refractivity contribution in [3.63, 3.8) is 0 Å². The molecule has 0 atom stereocenters. The predicted octanol–water partition coefficient (Wildman–Crippen LogP) is 3.70. The quantitative estimate of drug-likeness (QED) is 0.566. The number of amides is 1. The Morgan fingerprint density at radius 1 is 1.27 bits per heavy atom. The third-order valence-electron chi connectivity index (χ3n) is 4.76. The van der Waals surface area contributed by atoms with E-state index in [-0.39, 0.29) is 12.5 Å². The number of fused-ring (bicyclic) bond motifs is 1. The average molecular weight is 445 g/mol. The molecular formula is C21H21ClN4O3S. The fourth-order valence-electron chi connectivity index (χ4n) is 3.24. The number of benzene rings is 2. The lowest BCUT2D eigenvalue weighted by Gasteiger charge is -2.20. The summed E-state index contributed by atoms with van der Waals surface area (Å²) in [4.78, 5) is 12.5. The molecule has 3 aromatic rings. The van der Waals surface area contributed by atoms with Crippen molar-refractivity contribution >= 4 is 29.7 Å². The number of H-pyrrole nitrogens is 1. The standard InChI is InChI=1S/C21H21ClN4O3S/c1-13-2-4-15(5-3-13)20-24-25-21(30)26(20)12-18(27)23-7-6-14-10-16(22)19-17(11-14)28-8-9-29-19/h2-5,10-11H,6-9,12H2,1H3,(H,23,27)(H,25,30). The van der Waals surface area contributed by atoms with E-state index in [2.05, 4.69) is 15.5 Å². The van der Waals surface area contributed by atoms with Gasteiger partial charge in [0.15, 0.2) is 22.1 Å². The second-order valence-electron chi connectivity index (χ2n) is 7.01. The Kier molecular flexibility index (Phi) is 6.06. The lowest BCUT2D eigenvalue weighted by molar-refractivity contribution is -0.121. The van der Waals surface area contributed by atoms with E-state index < -0.39 is 0 Å². The Bertz CT molecular complexity index is 1120. The molecular weight excluding hydrogens is 424 g/mol. The first-order valence-electron chi connectivity index (χ1n) is 9.58. The highest BCUT2D eigenvalue weighted by Gasteiger charge is 2.17. The predicted molar refractivity (Wildman–Crippen MR) is 117 cm³/mol. The molecule has 30 heavy (non-hydrogen) atoms. The van der Waals surface area contributed by atoms with Gasteiger partial charge in [0, 0.05) is 12.1 Å². The number of aromatic nitrogens is 3. The lowest BCUT2D eigenvalue weighted by atomic mass is 10.1. The van der Waals surface area contributed by atoms with Crippen molar-refractivity contribution in [2.75, 3.05) is 19.8 Å². The summed E-state index contributed by atoms with van der Waals surface area (Å²) in [7, 11) is 0. The van der Waals surface area contributed by atoms with Crippen molar-refractivity contribution in [3.8, 4) is 22.9 Å². The largest absolute Gasteiger partial charge is 0.486 e. The van der Waals surface area contributed by atoms with Gasteiger partial charge in [0.25, 0.3) is 0 Å². The number of nitrogens with zero attached hydrogens (tertiary/aromatic N) is 2. The molecule has 9 heteroatoms. The van der Waals surface area contributed by atoms with Crippen LogP contribution >= 0.6 is 23.8 Å². The van der Waals surface area contributed by atoms with Gasteiger partial charge in [-0.05, 0) is 43.3 Å². The molecule has 2 heterocycles. The Labute approximate surface area is 184 Å². The van der Waals surface area contributed by atoms with E-state index in [1.165, 1.54) is 0 Å². The van der Waals surface area contributed by atoms with Gasteiger partial charge in [-0.25, -0.2) is 0 Å². The van der Waals surface area contributed by atoms with Crippen molar-refractivity contribution in [3.05, 3.63) is 57.3 Å². The average Bonchev–Trinajstić information content (AvgIpc) is 3.09. The number of carbonyl (C=O) groups excluding carboxylic acids is 1. The zero-order valence-electron chi connectivity index (χ0n) is 16.4. The minimum Gasteiger partial charge on any atom is -0.486 e. The maximum atomic E-state index is 12.5. The van der Waals surface area contributed by atoms with E-state index in [1.807, 2.05) is 43.3 Å². The molecule has 0 saturated heterocycles. The van der Waals surface area contributed by atoms with E-state index in [9.17, 15) is 4.79 Å². The topological polar surface area (TPSA) is 81.2 Å². The van der Waals surface area contributed by atoms with Gasteiger partial charge < -0.3 is 14.8 Å². The normalized spacial score (nSPS) is 12.6. The van der Waals surface area contributed by atoms with Gasteiger partial charge in [-0.1, -0.05) is 41.4 Å². The van der Waals surface area contributed by atoms with Crippen molar-refractivity contribution in [2.45, 2.75) is 19.9 Å². The number of hydrogen-bond donors (Lipinski definition) is 2. The molecule has 2 N–H and O–H groups in total. The number of aromatic amines is 1. The first-order valence-corrected chi connectivity index (χ1v) is 10.4. The molecule has 0 radical (unpaired) electrons. The zero-order valence-corrected chi connectivity index (χ0v) is 18.0. The number of halogens is 1. The number of ether oxygens (including phenoxy) is 2. The molecule has 1 aliphatic heterocycles. The SMILES string of the molecule is Cc1ccc(-c2n[nH]c(=S)n2CC(=O)NCCc2cc(Cl)c3c(c2)OCCO3)cc1. The van der Waals surface area contributed by atoms with Crippen LogP contribution in [0.2, 0.25) is 5.02 Å². The van der Waals surface area contributed by atoms with Crippen LogP contribution in [0.4, 0.5) is 0 Å². The molecule has 0 saturated carbocycles. The maximum Gasteiger partial charge on any atom is 0.240 e. The molecule has 0 unspecified atom stereocenters. The summed E-state index contributed by atoms with van der Waals surface area (Å²) in [5.41, 5.74) is 3.01. The summed E-state index contributed by atoms with van der Waals surface area (Å²) < 4.78 is 13.2. The second kappa shape index (κ2) is 8.89. The summed E-state index contributed by atoms with van der Waals surface area (Å²) in [6, 6.07) is 11.6.